The third kappa shape index (κ3) is 3.62. The van der Waals surface area contributed by atoms with Crippen LogP contribution in [-0.2, 0) is 0 Å². The number of aryl methyl sites for hydroxylation is 2. The average molecular weight is 417 g/mol. The summed E-state index contributed by atoms with van der Waals surface area (Å²) >= 11 is 1.31. The number of carbonyl (C=O) groups is 2. The third-order valence-corrected chi connectivity index (χ3v) is 5.67. The van der Waals surface area contributed by atoms with E-state index >= 15 is 0 Å². The highest BCUT2D eigenvalue weighted by Crippen LogP contribution is 2.39. The summed E-state index contributed by atoms with van der Waals surface area (Å²) in [6.45, 7) is 3.57. The molecule has 2 aromatic carbocycles. The lowest BCUT2D eigenvalue weighted by Gasteiger charge is -2.06. The molecule has 0 fully saturated rings. The Morgan fingerprint density at radius 2 is 1.57 bits per heavy atom. The number of primary amides is 1. The molecule has 30 heavy (non-hydrogen) atoms. The van der Waals surface area contributed by atoms with Gasteiger partial charge in [0.2, 0.25) is 5.89 Å². The number of hydrogen-bond acceptors (Lipinski definition) is 5. The van der Waals surface area contributed by atoms with Crippen LogP contribution in [0, 0.1) is 13.8 Å². The summed E-state index contributed by atoms with van der Waals surface area (Å²) < 4.78 is 5.68. The lowest BCUT2D eigenvalue weighted by atomic mass is 10.0. The molecular weight excluding hydrogens is 398 g/mol. The van der Waals surface area contributed by atoms with Gasteiger partial charge in [-0.15, -0.1) is 11.3 Å². The van der Waals surface area contributed by atoms with E-state index in [4.69, 9.17) is 10.2 Å². The summed E-state index contributed by atoms with van der Waals surface area (Å²) in [5, 5.41) is 3.20. The number of rotatable bonds is 5. The van der Waals surface area contributed by atoms with Crippen LogP contribution in [0.15, 0.2) is 65.1 Å². The molecule has 2 amide bonds. The molecule has 0 atom stereocenters. The number of hydrogen-bond donors (Lipinski definition) is 2. The molecule has 4 rings (SSSR count). The molecule has 2 heterocycles. The molecule has 4 aromatic rings. The van der Waals surface area contributed by atoms with Gasteiger partial charge in [-0.25, -0.2) is 4.98 Å². The van der Waals surface area contributed by atoms with Crippen LogP contribution >= 0.6 is 11.3 Å². The van der Waals surface area contributed by atoms with Crippen molar-refractivity contribution in [1.82, 2.24) is 4.98 Å². The van der Waals surface area contributed by atoms with Crippen molar-refractivity contribution in [3.05, 3.63) is 82.6 Å². The predicted octanol–water partition coefficient (Wildman–Crippen LogP) is 5.04. The molecule has 0 radical (unpaired) electrons. The Labute approximate surface area is 177 Å². The van der Waals surface area contributed by atoms with Crippen molar-refractivity contribution < 1.29 is 14.0 Å². The van der Waals surface area contributed by atoms with E-state index in [1.165, 1.54) is 11.3 Å². The molecule has 0 aliphatic heterocycles. The molecule has 7 heteroatoms. The van der Waals surface area contributed by atoms with E-state index in [0.29, 0.717) is 22.2 Å². The van der Waals surface area contributed by atoms with Gasteiger partial charge in [-0.2, -0.15) is 0 Å². The van der Waals surface area contributed by atoms with Gasteiger partial charge in [0.25, 0.3) is 11.8 Å². The van der Waals surface area contributed by atoms with E-state index in [2.05, 4.69) is 10.3 Å². The van der Waals surface area contributed by atoms with Crippen LogP contribution in [0.2, 0.25) is 0 Å². The van der Waals surface area contributed by atoms with Crippen molar-refractivity contribution in [2.45, 2.75) is 13.8 Å². The summed E-state index contributed by atoms with van der Waals surface area (Å²) in [4.78, 5) is 30.4. The zero-order valence-electron chi connectivity index (χ0n) is 16.4. The number of benzene rings is 2. The second-order valence-corrected chi connectivity index (χ2v) is 7.94. The minimum atomic E-state index is -0.602. The lowest BCUT2D eigenvalue weighted by molar-refractivity contribution is 0.100. The first-order valence-electron chi connectivity index (χ1n) is 9.28. The molecule has 2 aromatic heterocycles. The maximum Gasteiger partial charge on any atom is 0.278 e. The number of nitrogens with two attached hydrogens (primary N) is 1. The molecule has 0 saturated carbocycles. The van der Waals surface area contributed by atoms with Crippen molar-refractivity contribution in [2.75, 3.05) is 5.32 Å². The second kappa shape index (κ2) is 7.96. The first-order valence-corrected chi connectivity index (χ1v) is 10.1. The van der Waals surface area contributed by atoms with Crippen LogP contribution in [0.4, 0.5) is 5.00 Å². The summed E-state index contributed by atoms with van der Waals surface area (Å²) in [6, 6.07) is 18.8. The Morgan fingerprint density at radius 3 is 2.17 bits per heavy atom. The largest absolute Gasteiger partial charge is 0.441 e. The number of nitrogens with zero attached hydrogens (tertiary/aromatic N) is 1. The van der Waals surface area contributed by atoms with E-state index in [9.17, 15) is 9.59 Å². The van der Waals surface area contributed by atoms with E-state index in [-0.39, 0.29) is 5.69 Å². The monoisotopic (exact) mass is 417 g/mol. The van der Waals surface area contributed by atoms with Gasteiger partial charge < -0.3 is 15.5 Å². The lowest BCUT2D eigenvalue weighted by Crippen LogP contribution is -2.18. The molecule has 0 bridgehead atoms. The fraction of sp³-hybridized carbons (Fsp3) is 0.0870. The predicted molar refractivity (Wildman–Crippen MR) is 118 cm³/mol. The van der Waals surface area contributed by atoms with E-state index < -0.39 is 11.8 Å². The quantitative estimate of drug-likeness (QED) is 0.475. The highest BCUT2D eigenvalue weighted by molar-refractivity contribution is 7.17. The Bertz CT molecular complexity index is 1230. The highest BCUT2D eigenvalue weighted by Gasteiger charge is 2.25. The van der Waals surface area contributed by atoms with Crippen LogP contribution < -0.4 is 11.1 Å². The van der Waals surface area contributed by atoms with Gasteiger partial charge >= 0.3 is 0 Å². The van der Waals surface area contributed by atoms with E-state index in [0.717, 1.165) is 21.6 Å². The molecule has 0 aliphatic rings. The third-order valence-electron chi connectivity index (χ3n) is 4.65. The Balaban J connectivity index is 1.69. The fourth-order valence-corrected chi connectivity index (χ4v) is 4.37. The molecular formula is C23H19N3O3S. The maximum atomic E-state index is 12.9. The standard InChI is InChI=1S/C23H19N3O3S/c1-13-19(25-22(29-13)16-11-7-4-8-12-16)21(28)26-23-18(20(24)27)17(14(2)30-23)15-9-5-3-6-10-15/h3-12H,1-2H3,(H2,24,27)(H,26,28). The minimum absolute atomic E-state index is 0.164. The van der Waals surface area contributed by atoms with Gasteiger partial charge in [0.05, 0.1) is 5.56 Å². The normalized spacial score (nSPS) is 10.7. The molecule has 0 spiro atoms. The van der Waals surface area contributed by atoms with Crippen LogP contribution in [0.3, 0.4) is 0 Å². The zero-order chi connectivity index (χ0) is 21.3. The first-order chi connectivity index (χ1) is 14.5. The molecule has 0 aliphatic carbocycles. The summed E-state index contributed by atoms with van der Waals surface area (Å²) in [5.41, 5.74) is 8.50. The second-order valence-electron chi connectivity index (χ2n) is 6.71. The number of thiophene rings is 1. The van der Waals surface area contributed by atoms with E-state index in [1.54, 1.807) is 6.92 Å². The van der Waals surface area contributed by atoms with E-state index in [1.807, 2.05) is 67.6 Å². The molecule has 3 N–H and O–H groups in total. The molecule has 150 valence electrons. The number of nitrogens with one attached hydrogen (secondary N) is 1. The van der Waals surface area contributed by atoms with Crippen molar-refractivity contribution in [1.29, 1.82) is 0 Å². The molecule has 0 unspecified atom stereocenters. The van der Waals surface area contributed by atoms with Gasteiger partial charge in [-0.05, 0) is 31.5 Å². The van der Waals surface area contributed by atoms with Crippen molar-refractivity contribution >= 4 is 28.2 Å². The highest BCUT2D eigenvalue weighted by atomic mass is 32.1. The number of carbonyl (C=O) groups excluding carboxylic acids is 2. The number of anilines is 1. The minimum Gasteiger partial charge on any atom is -0.441 e. The van der Waals surface area contributed by atoms with Crippen molar-refractivity contribution in [2.24, 2.45) is 5.73 Å². The summed E-state index contributed by atoms with van der Waals surface area (Å²) in [5.74, 6) is -0.304. The summed E-state index contributed by atoms with van der Waals surface area (Å²) in [7, 11) is 0. The molecule has 6 nitrogen and oxygen atoms in total. The van der Waals surface area contributed by atoms with Crippen molar-refractivity contribution in [3.63, 3.8) is 0 Å². The van der Waals surface area contributed by atoms with Gasteiger partial charge in [0, 0.05) is 16.0 Å². The number of aromatic nitrogens is 1. The Kier molecular flexibility index (Phi) is 5.20. The maximum absolute atomic E-state index is 12.9. The van der Waals surface area contributed by atoms with Gasteiger partial charge in [-0.1, -0.05) is 48.5 Å². The fourth-order valence-electron chi connectivity index (χ4n) is 3.29. The van der Waals surface area contributed by atoms with Crippen LogP contribution in [-0.4, -0.2) is 16.8 Å². The number of amides is 2. The van der Waals surface area contributed by atoms with Gasteiger partial charge in [0.1, 0.15) is 10.8 Å². The molecule has 0 saturated heterocycles. The topological polar surface area (TPSA) is 98.2 Å². The Hall–Kier alpha value is -3.71. The smallest absolute Gasteiger partial charge is 0.278 e. The van der Waals surface area contributed by atoms with Gasteiger partial charge in [-0.3, -0.25) is 9.59 Å². The number of oxazole rings is 1. The SMILES string of the molecule is Cc1oc(-c2ccccc2)nc1C(=O)Nc1sc(C)c(-c2ccccc2)c1C(N)=O. The Morgan fingerprint density at radius 1 is 0.967 bits per heavy atom. The van der Waals surface area contributed by atoms with Gasteiger partial charge in [0.15, 0.2) is 5.69 Å². The van der Waals surface area contributed by atoms with Crippen molar-refractivity contribution in [3.8, 4) is 22.6 Å². The summed E-state index contributed by atoms with van der Waals surface area (Å²) in [6.07, 6.45) is 0. The van der Waals surface area contributed by atoms with Crippen LogP contribution in [0.25, 0.3) is 22.6 Å². The first kappa shape index (κ1) is 19.6. The van der Waals surface area contributed by atoms with Crippen LogP contribution in [0.5, 0.6) is 0 Å². The average Bonchev–Trinajstić information content (AvgIpc) is 3.29. The zero-order valence-corrected chi connectivity index (χ0v) is 17.2. The van der Waals surface area contributed by atoms with Crippen LogP contribution in [0.1, 0.15) is 31.5 Å².